The van der Waals surface area contributed by atoms with Crippen molar-refractivity contribution in [3.63, 3.8) is 0 Å². The van der Waals surface area contributed by atoms with E-state index >= 15 is 0 Å². The summed E-state index contributed by atoms with van der Waals surface area (Å²) in [7, 11) is 0. The minimum atomic E-state index is -0.608. The van der Waals surface area contributed by atoms with Gasteiger partial charge in [-0.05, 0) is 27.8 Å². The van der Waals surface area contributed by atoms with Gasteiger partial charge in [0.1, 0.15) is 17.4 Å². The molecule has 3 aromatic rings. The molecule has 4 N–H and O–H groups in total. The maximum absolute atomic E-state index is 12.0. The Balaban J connectivity index is 0.00000182. The van der Waals surface area contributed by atoms with Crippen LogP contribution in [0.5, 0.6) is 5.75 Å². The zero-order valence-corrected chi connectivity index (χ0v) is 12.7. The Morgan fingerprint density at radius 3 is 1.81 bits per heavy atom. The Morgan fingerprint density at radius 2 is 1.44 bits per heavy atom. The molecule has 0 aliphatic rings. The first-order valence-electron chi connectivity index (χ1n) is 6.90. The average Bonchev–Trinajstić information content (AvgIpc) is 3.29. The normalized spacial score (nSPS) is 9.52. The number of anilines is 2. The van der Waals surface area contributed by atoms with Crippen LogP contribution >= 0.6 is 0 Å². The Kier molecular flexibility index (Phi) is 9.40. The van der Waals surface area contributed by atoms with E-state index in [1.165, 1.54) is 12.1 Å². The summed E-state index contributed by atoms with van der Waals surface area (Å²) in [5.74, 6) is -0.777. The predicted molar refractivity (Wildman–Crippen MR) is 94.0 cm³/mol. The molecule has 0 radical (unpaired) electrons. The summed E-state index contributed by atoms with van der Waals surface area (Å²) >= 11 is 0. The van der Waals surface area contributed by atoms with Gasteiger partial charge in [0, 0.05) is 12.1 Å². The number of aromatic nitrogens is 9. The topological polar surface area (TPSA) is 189 Å². The molecule has 0 spiro atoms. The van der Waals surface area contributed by atoms with Gasteiger partial charge in [0.15, 0.2) is 0 Å². The minimum absolute atomic E-state index is 0. The van der Waals surface area contributed by atoms with Crippen LogP contribution in [0, 0.1) is 0 Å². The van der Waals surface area contributed by atoms with Crippen molar-refractivity contribution >= 4 is 82.6 Å². The van der Waals surface area contributed by atoms with Crippen molar-refractivity contribution in [1.82, 2.24) is 46.2 Å². The standard InChI is InChI=1S/C11H11N11O3.2Na.2H/c1-2-25-5-3-6(13-10(23)8-15-19-20-16-8)12-7(4-5)14-11(24)9-17-21-22-18-9;;;;/h3-4H,2H2,1H3,(H,15,16,19,20)(H,17,18,21,22)(H2,12,13,14,23,24);;;;. The first-order chi connectivity index (χ1) is 12.2. The van der Waals surface area contributed by atoms with Crippen LogP contribution in [0.15, 0.2) is 12.1 Å². The quantitative estimate of drug-likeness (QED) is 0.332. The molecule has 0 fully saturated rings. The molecule has 3 heterocycles. The van der Waals surface area contributed by atoms with Gasteiger partial charge in [-0.15, -0.1) is 10.2 Å². The van der Waals surface area contributed by atoms with Gasteiger partial charge in [0.05, 0.1) is 6.61 Å². The van der Waals surface area contributed by atoms with Crippen molar-refractivity contribution in [1.29, 1.82) is 0 Å². The first kappa shape index (κ1) is 23.1. The summed E-state index contributed by atoms with van der Waals surface area (Å²) in [6.07, 6.45) is 0. The van der Waals surface area contributed by atoms with E-state index < -0.39 is 11.8 Å². The molecule has 0 saturated heterocycles. The molecule has 132 valence electrons. The van der Waals surface area contributed by atoms with E-state index in [-0.39, 0.29) is 82.4 Å². The van der Waals surface area contributed by atoms with Crippen LogP contribution in [0.2, 0.25) is 0 Å². The zero-order chi connectivity index (χ0) is 17.6. The Bertz CT molecular complexity index is 805. The fraction of sp³-hybridized carbons (Fsp3) is 0.182. The van der Waals surface area contributed by atoms with Crippen LogP contribution in [-0.2, 0) is 0 Å². The second kappa shape index (κ2) is 11.0. The average molecular weight is 393 g/mol. The zero-order valence-electron chi connectivity index (χ0n) is 12.7. The summed E-state index contributed by atoms with van der Waals surface area (Å²) in [6.45, 7) is 2.17. The number of hydrogen-bond donors (Lipinski definition) is 4. The van der Waals surface area contributed by atoms with Crippen molar-refractivity contribution in [3.05, 3.63) is 23.8 Å². The number of nitrogens with one attached hydrogen (secondary N) is 4. The fourth-order valence-corrected chi connectivity index (χ4v) is 1.75. The SMILES string of the molecule is CCOc1cc(NC(=O)c2nnn[nH]2)nc(NC(=O)c2nnn[nH]2)c1.[NaH].[NaH]. The molecule has 0 saturated carbocycles. The molecule has 0 aliphatic carbocycles. The molecular weight excluding hydrogens is 380 g/mol. The van der Waals surface area contributed by atoms with Gasteiger partial charge >= 0.3 is 59.1 Å². The summed E-state index contributed by atoms with van der Waals surface area (Å²) in [4.78, 5) is 28.1. The second-order valence-corrected chi connectivity index (χ2v) is 4.41. The molecule has 0 aromatic carbocycles. The number of pyridine rings is 1. The summed E-state index contributed by atoms with van der Waals surface area (Å²) in [6, 6.07) is 2.97. The Morgan fingerprint density at radius 1 is 0.963 bits per heavy atom. The maximum atomic E-state index is 12.0. The molecule has 0 atom stereocenters. The van der Waals surface area contributed by atoms with E-state index in [0.29, 0.717) is 12.4 Å². The number of H-pyrrole nitrogens is 2. The fourth-order valence-electron chi connectivity index (χ4n) is 1.75. The molecule has 2 amide bonds. The van der Waals surface area contributed by atoms with Crippen LogP contribution in [0.25, 0.3) is 0 Å². The van der Waals surface area contributed by atoms with Crippen molar-refractivity contribution in [2.75, 3.05) is 17.2 Å². The van der Waals surface area contributed by atoms with Gasteiger partial charge in [-0.25, -0.2) is 15.2 Å². The Labute approximate surface area is 195 Å². The molecule has 16 heteroatoms. The van der Waals surface area contributed by atoms with Gasteiger partial charge in [0.25, 0.3) is 11.8 Å². The number of aromatic amines is 2. The first-order valence-corrected chi connectivity index (χ1v) is 6.90. The molecule has 0 bridgehead atoms. The van der Waals surface area contributed by atoms with E-state index in [1.54, 1.807) is 6.92 Å². The van der Waals surface area contributed by atoms with E-state index in [1.807, 2.05) is 0 Å². The monoisotopic (exact) mass is 393 g/mol. The molecular formula is C11H13N11Na2O3. The van der Waals surface area contributed by atoms with E-state index in [9.17, 15) is 9.59 Å². The molecule has 3 aromatic heterocycles. The van der Waals surface area contributed by atoms with Crippen LogP contribution in [0.4, 0.5) is 11.6 Å². The number of rotatable bonds is 6. The van der Waals surface area contributed by atoms with E-state index in [4.69, 9.17) is 4.74 Å². The molecule has 0 aliphatic heterocycles. The number of hydrogen-bond acceptors (Lipinski definition) is 10. The molecule has 3 rings (SSSR count). The van der Waals surface area contributed by atoms with Crippen molar-refractivity contribution < 1.29 is 14.3 Å². The van der Waals surface area contributed by atoms with Gasteiger partial charge in [0.2, 0.25) is 11.6 Å². The molecule has 27 heavy (non-hydrogen) atoms. The van der Waals surface area contributed by atoms with Gasteiger partial charge in [-0.3, -0.25) is 9.59 Å². The number of nitrogens with zero attached hydrogens (tertiary/aromatic N) is 7. The van der Waals surface area contributed by atoms with Crippen LogP contribution < -0.4 is 15.4 Å². The summed E-state index contributed by atoms with van der Waals surface area (Å²) in [5.41, 5.74) is 0. The summed E-state index contributed by atoms with van der Waals surface area (Å²) in [5, 5.41) is 29.9. The molecule has 0 unspecified atom stereocenters. The number of amides is 2. The third kappa shape index (κ3) is 6.30. The van der Waals surface area contributed by atoms with Crippen LogP contribution in [0.1, 0.15) is 28.2 Å². The van der Waals surface area contributed by atoms with E-state index in [2.05, 4.69) is 56.9 Å². The third-order valence-electron chi connectivity index (χ3n) is 2.71. The van der Waals surface area contributed by atoms with Gasteiger partial charge in [-0.2, -0.15) is 0 Å². The predicted octanol–water partition coefficient (Wildman–Crippen LogP) is -2.29. The Hall–Kier alpha value is -1.97. The number of tetrazole rings is 2. The second-order valence-electron chi connectivity index (χ2n) is 4.41. The van der Waals surface area contributed by atoms with Crippen molar-refractivity contribution in [3.8, 4) is 5.75 Å². The van der Waals surface area contributed by atoms with Crippen molar-refractivity contribution in [2.24, 2.45) is 0 Å². The number of carbonyl (C=O) groups is 2. The number of carbonyl (C=O) groups excluding carboxylic acids is 2. The molecule has 14 nitrogen and oxygen atoms in total. The van der Waals surface area contributed by atoms with E-state index in [0.717, 1.165) is 0 Å². The van der Waals surface area contributed by atoms with Crippen LogP contribution in [-0.4, -0.2) is 124 Å². The third-order valence-corrected chi connectivity index (χ3v) is 2.71. The summed E-state index contributed by atoms with van der Waals surface area (Å²) < 4.78 is 5.39. The van der Waals surface area contributed by atoms with Crippen molar-refractivity contribution in [2.45, 2.75) is 6.92 Å². The van der Waals surface area contributed by atoms with Crippen LogP contribution in [0.3, 0.4) is 0 Å². The van der Waals surface area contributed by atoms with Gasteiger partial charge in [-0.1, -0.05) is 0 Å². The number of ether oxygens (including phenoxy) is 1. The van der Waals surface area contributed by atoms with Gasteiger partial charge < -0.3 is 15.4 Å².